The molecule has 2 aliphatic heterocycles. The minimum absolute atomic E-state index is 0.00405. The molecule has 1 N–H and O–H groups in total. The highest BCUT2D eigenvalue weighted by Gasteiger charge is 2.42. The standard InChI is InChI=1S/C19H25NO4/c21-19(20-16-12-23-17-9-10-22-18(16)17)13-5-4-8-15(11-13)24-14-6-2-1-3-7-14/h4-5,8,11,14,16-18H,1-3,6-7,9-10,12H2,(H,20,21)/t16-,17+,18+/m0/s1. The maximum Gasteiger partial charge on any atom is 0.251 e. The van der Waals surface area contributed by atoms with Gasteiger partial charge >= 0.3 is 0 Å². The molecule has 5 nitrogen and oxygen atoms in total. The van der Waals surface area contributed by atoms with Crippen LogP contribution in [-0.4, -0.2) is 43.5 Å². The number of fused-ring (bicyclic) bond motifs is 1. The molecule has 4 rings (SSSR count). The Morgan fingerprint density at radius 2 is 2.00 bits per heavy atom. The Balaban J connectivity index is 1.38. The molecule has 1 aliphatic carbocycles. The van der Waals surface area contributed by atoms with Gasteiger partial charge in [0.05, 0.1) is 24.9 Å². The van der Waals surface area contributed by atoms with Crippen molar-refractivity contribution in [2.24, 2.45) is 0 Å². The van der Waals surface area contributed by atoms with Crippen molar-refractivity contribution in [3.63, 3.8) is 0 Å². The Labute approximate surface area is 142 Å². The van der Waals surface area contributed by atoms with E-state index < -0.39 is 0 Å². The molecule has 5 heteroatoms. The van der Waals surface area contributed by atoms with Crippen molar-refractivity contribution in [2.75, 3.05) is 13.2 Å². The SMILES string of the molecule is O=C(N[C@H]1CO[C@@H]2CCO[C@H]12)c1cccc(OC2CCCCC2)c1. The number of amides is 1. The van der Waals surface area contributed by atoms with Crippen LogP contribution >= 0.6 is 0 Å². The molecule has 2 heterocycles. The normalized spacial score (nSPS) is 30.1. The van der Waals surface area contributed by atoms with Gasteiger partial charge in [0.1, 0.15) is 11.9 Å². The fraction of sp³-hybridized carbons (Fsp3) is 0.632. The average Bonchev–Trinajstić information content (AvgIpc) is 3.21. The fourth-order valence-corrected chi connectivity index (χ4v) is 3.93. The topological polar surface area (TPSA) is 56.8 Å². The van der Waals surface area contributed by atoms with Crippen LogP contribution in [0.2, 0.25) is 0 Å². The highest BCUT2D eigenvalue weighted by atomic mass is 16.6. The smallest absolute Gasteiger partial charge is 0.251 e. The number of nitrogens with one attached hydrogen (secondary N) is 1. The Morgan fingerprint density at radius 1 is 1.12 bits per heavy atom. The summed E-state index contributed by atoms with van der Waals surface area (Å²) >= 11 is 0. The van der Waals surface area contributed by atoms with E-state index in [9.17, 15) is 4.79 Å². The molecule has 3 fully saturated rings. The summed E-state index contributed by atoms with van der Waals surface area (Å²) in [5, 5.41) is 3.05. The van der Waals surface area contributed by atoms with Crippen LogP contribution in [0.1, 0.15) is 48.9 Å². The van der Waals surface area contributed by atoms with Crippen molar-refractivity contribution in [3.05, 3.63) is 29.8 Å². The van der Waals surface area contributed by atoms with Gasteiger partial charge in [-0.15, -0.1) is 0 Å². The van der Waals surface area contributed by atoms with Crippen LogP contribution in [0.4, 0.5) is 0 Å². The van der Waals surface area contributed by atoms with E-state index in [1.54, 1.807) is 0 Å². The summed E-state index contributed by atoms with van der Waals surface area (Å²) in [6, 6.07) is 7.42. The summed E-state index contributed by atoms with van der Waals surface area (Å²) in [5.41, 5.74) is 0.629. The summed E-state index contributed by atoms with van der Waals surface area (Å²) in [6.45, 7) is 1.24. The van der Waals surface area contributed by atoms with Crippen LogP contribution in [0.3, 0.4) is 0 Å². The van der Waals surface area contributed by atoms with Crippen LogP contribution in [0.15, 0.2) is 24.3 Å². The van der Waals surface area contributed by atoms with E-state index in [2.05, 4.69) is 5.32 Å². The first-order chi connectivity index (χ1) is 11.8. The first-order valence-electron chi connectivity index (χ1n) is 9.10. The van der Waals surface area contributed by atoms with Crippen LogP contribution in [0.5, 0.6) is 5.75 Å². The lowest BCUT2D eigenvalue weighted by Crippen LogP contribution is -2.43. The van der Waals surface area contributed by atoms with Gasteiger partial charge in [0, 0.05) is 12.2 Å². The van der Waals surface area contributed by atoms with E-state index >= 15 is 0 Å². The van der Waals surface area contributed by atoms with Crippen molar-refractivity contribution in [2.45, 2.75) is 62.9 Å². The molecule has 1 aromatic rings. The lowest BCUT2D eigenvalue weighted by atomic mass is 9.98. The van der Waals surface area contributed by atoms with Crippen molar-refractivity contribution in [1.29, 1.82) is 0 Å². The number of hydrogen-bond acceptors (Lipinski definition) is 4. The van der Waals surface area contributed by atoms with E-state index in [1.807, 2.05) is 24.3 Å². The summed E-state index contributed by atoms with van der Waals surface area (Å²) in [5.74, 6) is 0.695. The number of carbonyl (C=O) groups excluding carboxylic acids is 1. The molecule has 3 atom stereocenters. The molecular weight excluding hydrogens is 306 g/mol. The van der Waals surface area contributed by atoms with Gasteiger partial charge in [0.25, 0.3) is 5.91 Å². The zero-order chi connectivity index (χ0) is 16.4. The van der Waals surface area contributed by atoms with Crippen LogP contribution in [0.25, 0.3) is 0 Å². The van der Waals surface area contributed by atoms with Crippen molar-refractivity contribution in [3.8, 4) is 5.75 Å². The van der Waals surface area contributed by atoms with Gasteiger partial charge in [0.2, 0.25) is 0 Å². The zero-order valence-electron chi connectivity index (χ0n) is 13.9. The quantitative estimate of drug-likeness (QED) is 0.922. The molecule has 2 saturated heterocycles. The highest BCUT2D eigenvalue weighted by Crippen LogP contribution is 2.27. The molecule has 130 valence electrons. The van der Waals surface area contributed by atoms with Crippen LogP contribution in [-0.2, 0) is 9.47 Å². The number of rotatable bonds is 4. The lowest BCUT2D eigenvalue weighted by molar-refractivity contribution is 0.0656. The van der Waals surface area contributed by atoms with Gasteiger partial charge in [-0.3, -0.25) is 4.79 Å². The largest absolute Gasteiger partial charge is 0.490 e. The number of hydrogen-bond donors (Lipinski definition) is 1. The first-order valence-corrected chi connectivity index (χ1v) is 9.10. The third kappa shape index (κ3) is 3.42. The summed E-state index contributed by atoms with van der Waals surface area (Å²) in [6.07, 6.45) is 7.31. The molecule has 0 unspecified atom stereocenters. The van der Waals surface area contributed by atoms with E-state index in [-0.39, 0.29) is 30.3 Å². The zero-order valence-corrected chi connectivity index (χ0v) is 13.9. The Kier molecular flexibility index (Phi) is 4.72. The van der Waals surface area contributed by atoms with Gasteiger partial charge in [-0.2, -0.15) is 0 Å². The number of carbonyl (C=O) groups is 1. The first kappa shape index (κ1) is 15.9. The van der Waals surface area contributed by atoms with E-state index in [1.165, 1.54) is 19.3 Å². The fourth-order valence-electron chi connectivity index (χ4n) is 3.93. The van der Waals surface area contributed by atoms with Gasteiger partial charge in [-0.05, 0) is 50.3 Å². The van der Waals surface area contributed by atoms with Crippen molar-refractivity contribution in [1.82, 2.24) is 5.32 Å². The second kappa shape index (κ2) is 7.11. The maximum absolute atomic E-state index is 12.6. The molecule has 0 spiro atoms. The molecular formula is C19H25NO4. The van der Waals surface area contributed by atoms with E-state index in [4.69, 9.17) is 14.2 Å². The van der Waals surface area contributed by atoms with Gasteiger partial charge in [-0.25, -0.2) is 0 Å². The molecule has 0 aromatic heterocycles. The van der Waals surface area contributed by atoms with E-state index in [0.717, 1.165) is 25.0 Å². The molecule has 0 bridgehead atoms. The van der Waals surface area contributed by atoms with Gasteiger partial charge in [-0.1, -0.05) is 12.5 Å². The Bertz CT molecular complexity index is 584. The summed E-state index contributed by atoms with van der Waals surface area (Å²) in [4.78, 5) is 12.6. The minimum atomic E-state index is -0.0890. The van der Waals surface area contributed by atoms with Gasteiger partial charge in [0.15, 0.2) is 0 Å². The molecule has 1 amide bonds. The molecule has 1 aromatic carbocycles. The second-order valence-corrected chi connectivity index (χ2v) is 6.98. The van der Waals surface area contributed by atoms with Gasteiger partial charge < -0.3 is 19.5 Å². The molecule has 3 aliphatic rings. The lowest BCUT2D eigenvalue weighted by Gasteiger charge is -2.23. The molecule has 0 radical (unpaired) electrons. The summed E-state index contributed by atoms with van der Waals surface area (Å²) < 4.78 is 17.4. The van der Waals surface area contributed by atoms with Crippen molar-refractivity contribution < 1.29 is 19.0 Å². The average molecular weight is 331 g/mol. The molecule has 1 saturated carbocycles. The van der Waals surface area contributed by atoms with Crippen molar-refractivity contribution >= 4 is 5.91 Å². The Morgan fingerprint density at radius 3 is 2.88 bits per heavy atom. The highest BCUT2D eigenvalue weighted by molar-refractivity contribution is 5.94. The third-order valence-corrected chi connectivity index (χ3v) is 5.23. The predicted molar refractivity (Wildman–Crippen MR) is 89.3 cm³/mol. The second-order valence-electron chi connectivity index (χ2n) is 6.98. The predicted octanol–water partition coefficient (Wildman–Crippen LogP) is 2.68. The summed E-state index contributed by atoms with van der Waals surface area (Å²) in [7, 11) is 0. The third-order valence-electron chi connectivity index (χ3n) is 5.23. The van der Waals surface area contributed by atoms with Crippen LogP contribution in [0, 0.1) is 0 Å². The van der Waals surface area contributed by atoms with Crippen LogP contribution < -0.4 is 10.1 Å². The maximum atomic E-state index is 12.6. The monoisotopic (exact) mass is 331 g/mol. The van der Waals surface area contributed by atoms with E-state index in [0.29, 0.717) is 18.8 Å². The Hall–Kier alpha value is -1.59. The number of ether oxygens (including phenoxy) is 3. The number of benzene rings is 1. The molecule has 24 heavy (non-hydrogen) atoms. The minimum Gasteiger partial charge on any atom is -0.490 e.